The first-order valence-electron chi connectivity index (χ1n) is 6.92. The van der Waals surface area contributed by atoms with Crippen molar-refractivity contribution in [2.45, 2.75) is 37.2 Å². The maximum Gasteiger partial charge on any atom is 0.0680 e. The molecule has 1 saturated carbocycles. The number of likely N-dealkylation sites (N-methyl/N-ethyl adjacent to an activating group) is 1. The third-order valence-corrected chi connectivity index (χ3v) is 4.19. The fraction of sp³-hybridized carbons (Fsp3) is 0.625. The summed E-state index contributed by atoms with van der Waals surface area (Å²) in [5.41, 5.74) is 1.60. The van der Waals surface area contributed by atoms with E-state index in [9.17, 15) is 0 Å². The minimum Gasteiger partial charge on any atom is -0.380 e. The quantitative estimate of drug-likeness (QED) is 0.810. The van der Waals surface area contributed by atoms with Crippen molar-refractivity contribution in [3.63, 3.8) is 0 Å². The highest BCUT2D eigenvalue weighted by Crippen LogP contribution is 2.41. The molecule has 1 fully saturated rings. The van der Waals surface area contributed by atoms with Gasteiger partial charge in [-0.05, 0) is 32.5 Å². The van der Waals surface area contributed by atoms with E-state index in [1.165, 1.54) is 31.2 Å². The molecule has 1 aliphatic carbocycles. The van der Waals surface area contributed by atoms with Gasteiger partial charge in [0.15, 0.2) is 0 Å². The lowest BCUT2D eigenvalue weighted by Crippen LogP contribution is -2.50. The summed E-state index contributed by atoms with van der Waals surface area (Å²) < 4.78 is 5.84. The Bertz CT molecular complexity index is 363. The van der Waals surface area contributed by atoms with Crippen LogP contribution in [0.15, 0.2) is 30.3 Å². The van der Waals surface area contributed by atoms with E-state index in [2.05, 4.69) is 49.3 Å². The van der Waals surface area contributed by atoms with Crippen LogP contribution in [-0.2, 0) is 10.2 Å². The lowest BCUT2D eigenvalue weighted by molar-refractivity contribution is -0.00947. The van der Waals surface area contributed by atoms with Crippen molar-refractivity contribution in [3.8, 4) is 0 Å². The first-order chi connectivity index (χ1) is 8.69. The predicted molar refractivity (Wildman–Crippen MR) is 75.9 cm³/mol. The third kappa shape index (κ3) is 2.60. The zero-order valence-corrected chi connectivity index (χ0v) is 11.9. The minimum atomic E-state index is 0.164. The Morgan fingerprint density at radius 3 is 2.56 bits per heavy atom. The van der Waals surface area contributed by atoms with Crippen molar-refractivity contribution >= 4 is 0 Å². The third-order valence-electron chi connectivity index (χ3n) is 4.19. The molecule has 100 valence electrons. The van der Waals surface area contributed by atoms with Crippen LogP contribution in [-0.4, -0.2) is 38.8 Å². The number of hydrogen-bond donors (Lipinski definition) is 0. The van der Waals surface area contributed by atoms with Crippen LogP contribution < -0.4 is 0 Å². The second kappa shape index (κ2) is 5.85. The molecule has 0 aromatic heterocycles. The average molecular weight is 247 g/mol. The fourth-order valence-corrected chi connectivity index (χ4v) is 3.49. The van der Waals surface area contributed by atoms with Crippen LogP contribution >= 0.6 is 0 Å². The van der Waals surface area contributed by atoms with Crippen LogP contribution in [0.5, 0.6) is 0 Å². The number of methoxy groups -OCH3 is 1. The van der Waals surface area contributed by atoms with Crippen molar-refractivity contribution < 1.29 is 4.74 Å². The van der Waals surface area contributed by atoms with Crippen molar-refractivity contribution in [2.24, 2.45) is 0 Å². The molecule has 0 radical (unpaired) electrons. The zero-order valence-electron chi connectivity index (χ0n) is 11.9. The Labute approximate surface area is 111 Å². The Morgan fingerprint density at radius 2 is 1.94 bits per heavy atom. The Morgan fingerprint density at radius 1 is 1.22 bits per heavy atom. The van der Waals surface area contributed by atoms with Gasteiger partial charge < -0.3 is 9.64 Å². The Hall–Kier alpha value is -0.860. The maximum absolute atomic E-state index is 5.84. The van der Waals surface area contributed by atoms with Gasteiger partial charge in [0.1, 0.15) is 0 Å². The molecule has 0 amide bonds. The van der Waals surface area contributed by atoms with Gasteiger partial charge in [-0.3, -0.25) is 0 Å². The minimum absolute atomic E-state index is 0.164. The summed E-state index contributed by atoms with van der Waals surface area (Å²) in [6.07, 6.45) is 5.35. The second-order valence-electron chi connectivity index (χ2n) is 5.73. The maximum atomic E-state index is 5.84. The van der Waals surface area contributed by atoms with E-state index in [0.29, 0.717) is 6.10 Å². The highest BCUT2D eigenvalue weighted by Gasteiger charge is 2.42. The van der Waals surface area contributed by atoms with E-state index in [4.69, 9.17) is 4.74 Å². The molecule has 2 atom stereocenters. The topological polar surface area (TPSA) is 12.5 Å². The number of nitrogens with zero attached hydrogens (tertiary/aromatic N) is 1. The van der Waals surface area contributed by atoms with Gasteiger partial charge in [-0.25, -0.2) is 0 Å². The van der Waals surface area contributed by atoms with Crippen LogP contribution in [0, 0.1) is 0 Å². The van der Waals surface area contributed by atoms with Gasteiger partial charge in [0, 0.05) is 19.1 Å². The summed E-state index contributed by atoms with van der Waals surface area (Å²) in [6.45, 7) is 1.06. The van der Waals surface area contributed by atoms with Crippen LogP contribution in [0.3, 0.4) is 0 Å². The van der Waals surface area contributed by atoms with E-state index in [-0.39, 0.29) is 5.41 Å². The number of rotatable bonds is 4. The van der Waals surface area contributed by atoms with Gasteiger partial charge in [0.05, 0.1) is 6.10 Å². The van der Waals surface area contributed by atoms with E-state index < -0.39 is 0 Å². The lowest BCUT2D eigenvalue weighted by atomic mass is 9.67. The molecule has 2 unspecified atom stereocenters. The van der Waals surface area contributed by atoms with Crippen molar-refractivity contribution in [1.82, 2.24) is 4.90 Å². The first kappa shape index (κ1) is 13.6. The van der Waals surface area contributed by atoms with Gasteiger partial charge in [-0.15, -0.1) is 0 Å². The average Bonchev–Trinajstić information content (AvgIpc) is 2.39. The van der Waals surface area contributed by atoms with Gasteiger partial charge in [0.2, 0.25) is 0 Å². The van der Waals surface area contributed by atoms with Crippen molar-refractivity contribution in [1.29, 1.82) is 0 Å². The first-order valence-corrected chi connectivity index (χ1v) is 6.92. The lowest BCUT2D eigenvalue weighted by Gasteiger charge is -2.45. The second-order valence-corrected chi connectivity index (χ2v) is 5.73. The summed E-state index contributed by atoms with van der Waals surface area (Å²) in [5, 5.41) is 0. The normalized spacial score (nSPS) is 28.6. The molecular formula is C16H25NO. The molecule has 1 aromatic carbocycles. The highest BCUT2D eigenvalue weighted by atomic mass is 16.5. The summed E-state index contributed by atoms with van der Waals surface area (Å²) in [7, 11) is 6.18. The molecule has 0 heterocycles. The molecular weight excluding hydrogens is 222 g/mol. The fourth-order valence-electron chi connectivity index (χ4n) is 3.49. The standard InChI is InChI=1S/C16H25NO/c1-17(2)13-16(14-9-5-4-6-10-14)12-8-7-11-15(16)18-3/h4-6,9-10,15H,7-8,11-13H2,1-3H3. The molecule has 1 aromatic rings. The molecule has 0 saturated heterocycles. The molecule has 0 spiro atoms. The largest absolute Gasteiger partial charge is 0.380 e. The van der Waals surface area contributed by atoms with Gasteiger partial charge in [-0.2, -0.15) is 0 Å². The number of hydrogen-bond acceptors (Lipinski definition) is 2. The molecule has 0 aliphatic heterocycles. The highest BCUT2D eigenvalue weighted by molar-refractivity contribution is 5.28. The van der Waals surface area contributed by atoms with Crippen molar-refractivity contribution in [3.05, 3.63) is 35.9 Å². The molecule has 2 heteroatoms. The van der Waals surface area contributed by atoms with Crippen LogP contribution in [0.2, 0.25) is 0 Å². The summed E-state index contributed by atoms with van der Waals surface area (Å²) in [4.78, 5) is 2.30. The Balaban J connectivity index is 2.38. The molecule has 0 N–H and O–H groups in total. The molecule has 1 aliphatic rings. The molecule has 2 rings (SSSR count). The number of benzene rings is 1. The zero-order chi connectivity index (χ0) is 13.0. The van der Waals surface area contributed by atoms with E-state index >= 15 is 0 Å². The van der Waals surface area contributed by atoms with Crippen LogP contribution in [0.4, 0.5) is 0 Å². The summed E-state index contributed by atoms with van der Waals surface area (Å²) >= 11 is 0. The smallest absolute Gasteiger partial charge is 0.0680 e. The summed E-state index contributed by atoms with van der Waals surface area (Å²) in [6, 6.07) is 10.9. The summed E-state index contributed by atoms with van der Waals surface area (Å²) in [5.74, 6) is 0. The number of ether oxygens (including phenoxy) is 1. The van der Waals surface area contributed by atoms with Gasteiger partial charge in [0.25, 0.3) is 0 Å². The van der Waals surface area contributed by atoms with Gasteiger partial charge >= 0.3 is 0 Å². The predicted octanol–water partition coefficient (Wildman–Crippen LogP) is 3.08. The van der Waals surface area contributed by atoms with E-state index in [1.54, 1.807) is 0 Å². The molecule has 18 heavy (non-hydrogen) atoms. The SMILES string of the molecule is COC1CCCCC1(CN(C)C)c1ccccc1. The van der Waals surface area contributed by atoms with E-state index in [1.807, 2.05) is 7.11 Å². The van der Waals surface area contributed by atoms with Crippen LogP contribution in [0.25, 0.3) is 0 Å². The van der Waals surface area contributed by atoms with Crippen molar-refractivity contribution in [2.75, 3.05) is 27.7 Å². The van der Waals surface area contributed by atoms with Gasteiger partial charge in [-0.1, -0.05) is 43.2 Å². The monoisotopic (exact) mass is 247 g/mol. The molecule has 2 nitrogen and oxygen atoms in total. The van der Waals surface area contributed by atoms with Crippen LogP contribution in [0.1, 0.15) is 31.2 Å². The molecule has 0 bridgehead atoms. The van der Waals surface area contributed by atoms with E-state index in [0.717, 1.165) is 6.54 Å². The Kier molecular flexibility index (Phi) is 4.41.